The van der Waals surface area contributed by atoms with E-state index >= 15 is 0 Å². The molecule has 3 fully saturated rings. The summed E-state index contributed by atoms with van der Waals surface area (Å²) in [6.45, 7) is 1.10. The zero-order valence-corrected chi connectivity index (χ0v) is 9.77. The average Bonchev–Trinajstić information content (AvgIpc) is 2.30. The monoisotopic (exact) mass is 211 g/mol. The molecule has 0 atom stereocenters. The molecule has 0 aromatic rings. The number of nitrogens with one attached hydrogen (secondary N) is 1. The van der Waals surface area contributed by atoms with Gasteiger partial charge in [-0.1, -0.05) is 0 Å². The summed E-state index contributed by atoms with van der Waals surface area (Å²) in [5.74, 6) is 0.0280. The SMILES string of the molecule is CNCC12CCC(C(=O)OC)(CC1)CC2. The Bertz CT molecular complexity index is 238. The maximum absolute atomic E-state index is 11.8. The fourth-order valence-electron chi connectivity index (χ4n) is 3.43. The molecule has 0 aliphatic heterocycles. The second kappa shape index (κ2) is 3.78. The largest absolute Gasteiger partial charge is 0.469 e. The van der Waals surface area contributed by atoms with Crippen molar-refractivity contribution < 1.29 is 9.53 Å². The van der Waals surface area contributed by atoms with Gasteiger partial charge in [-0.3, -0.25) is 4.79 Å². The highest BCUT2D eigenvalue weighted by atomic mass is 16.5. The molecular formula is C12H21NO2. The Labute approximate surface area is 91.6 Å². The van der Waals surface area contributed by atoms with Gasteiger partial charge >= 0.3 is 5.97 Å². The van der Waals surface area contributed by atoms with E-state index in [9.17, 15) is 4.79 Å². The molecule has 15 heavy (non-hydrogen) atoms. The Morgan fingerprint density at radius 2 is 1.73 bits per heavy atom. The zero-order chi connectivity index (χ0) is 10.9. The molecule has 3 aliphatic rings. The lowest BCUT2D eigenvalue weighted by molar-refractivity contribution is -0.162. The molecule has 1 N–H and O–H groups in total. The molecule has 3 saturated carbocycles. The quantitative estimate of drug-likeness (QED) is 0.722. The third kappa shape index (κ3) is 1.67. The average molecular weight is 211 g/mol. The molecule has 0 heterocycles. The number of carbonyl (C=O) groups is 1. The van der Waals surface area contributed by atoms with E-state index in [-0.39, 0.29) is 11.4 Å². The summed E-state index contributed by atoms with van der Waals surface area (Å²) in [7, 11) is 3.53. The van der Waals surface area contributed by atoms with Crippen LogP contribution in [-0.2, 0) is 9.53 Å². The van der Waals surface area contributed by atoms with Gasteiger partial charge in [0.25, 0.3) is 0 Å². The van der Waals surface area contributed by atoms with Crippen LogP contribution in [-0.4, -0.2) is 26.7 Å². The molecule has 0 unspecified atom stereocenters. The highest BCUT2D eigenvalue weighted by molar-refractivity contribution is 5.77. The lowest BCUT2D eigenvalue weighted by Gasteiger charge is -2.51. The molecule has 0 aromatic heterocycles. The van der Waals surface area contributed by atoms with Gasteiger partial charge in [-0.2, -0.15) is 0 Å². The van der Waals surface area contributed by atoms with Crippen molar-refractivity contribution in [3.8, 4) is 0 Å². The van der Waals surface area contributed by atoms with E-state index in [0.717, 1.165) is 25.8 Å². The third-order valence-corrected chi connectivity index (χ3v) is 4.57. The second-order valence-corrected chi connectivity index (χ2v) is 5.30. The molecule has 3 aliphatic carbocycles. The van der Waals surface area contributed by atoms with Gasteiger partial charge in [0, 0.05) is 6.54 Å². The van der Waals surface area contributed by atoms with Crippen molar-refractivity contribution in [1.82, 2.24) is 5.32 Å². The Kier molecular flexibility index (Phi) is 2.75. The molecule has 0 spiro atoms. The fourth-order valence-corrected chi connectivity index (χ4v) is 3.43. The molecule has 0 saturated heterocycles. The Morgan fingerprint density at radius 1 is 1.20 bits per heavy atom. The van der Waals surface area contributed by atoms with Gasteiger partial charge in [0.2, 0.25) is 0 Å². The van der Waals surface area contributed by atoms with Gasteiger partial charge in [-0.15, -0.1) is 0 Å². The summed E-state index contributed by atoms with van der Waals surface area (Å²) in [6, 6.07) is 0. The summed E-state index contributed by atoms with van der Waals surface area (Å²) < 4.78 is 4.95. The maximum atomic E-state index is 11.8. The summed E-state index contributed by atoms with van der Waals surface area (Å²) in [6.07, 6.45) is 6.64. The maximum Gasteiger partial charge on any atom is 0.311 e. The Morgan fingerprint density at radius 3 is 2.13 bits per heavy atom. The predicted octanol–water partition coefficient (Wildman–Crippen LogP) is 1.72. The number of ether oxygens (including phenoxy) is 1. The molecule has 3 nitrogen and oxygen atoms in total. The van der Waals surface area contributed by atoms with E-state index in [1.54, 1.807) is 0 Å². The lowest BCUT2D eigenvalue weighted by atomic mass is 9.53. The Hall–Kier alpha value is -0.570. The first-order valence-electron chi connectivity index (χ1n) is 5.89. The van der Waals surface area contributed by atoms with Gasteiger partial charge in [-0.05, 0) is 51.0 Å². The van der Waals surface area contributed by atoms with Crippen LogP contribution >= 0.6 is 0 Å². The van der Waals surface area contributed by atoms with Crippen molar-refractivity contribution in [3.05, 3.63) is 0 Å². The van der Waals surface area contributed by atoms with E-state index in [1.807, 2.05) is 7.05 Å². The minimum absolute atomic E-state index is 0.0280. The first kappa shape index (κ1) is 10.9. The normalized spacial score (nSPS) is 39.1. The molecule has 3 rings (SSSR count). The van der Waals surface area contributed by atoms with Crippen molar-refractivity contribution in [3.63, 3.8) is 0 Å². The standard InChI is InChI=1S/C12H21NO2/c1-13-9-11-3-6-12(7-4-11,8-5-11)10(14)15-2/h13H,3-9H2,1-2H3. The molecular weight excluding hydrogens is 190 g/mol. The van der Waals surface area contributed by atoms with Gasteiger partial charge < -0.3 is 10.1 Å². The topological polar surface area (TPSA) is 38.3 Å². The van der Waals surface area contributed by atoms with E-state index in [1.165, 1.54) is 26.4 Å². The van der Waals surface area contributed by atoms with Crippen LogP contribution in [0.3, 0.4) is 0 Å². The lowest BCUT2D eigenvalue weighted by Crippen LogP contribution is -2.49. The van der Waals surface area contributed by atoms with Crippen LogP contribution in [0.15, 0.2) is 0 Å². The van der Waals surface area contributed by atoms with Crippen LogP contribution in [0.2, 0.25) is 0 Å². The van der Waals surface area contributed by atoms with Crippen molar-refractivity contribution in [2.75, 3.05) is 20.7 Å². The van der Waals surface area contributed by atoms with E-state index in [2.05, 4.69) is 5.32 Å². The number of rotatable bonds is 3. The number of esters is 1. The van der Waals surface area contributed by atoms with Crippen LogP contribution in [0.4, 0.5) is 0 Å². The van der Waals surface area contributed by atoms with Crippen molar-refractivity contribution in [2.45, 2.75) is 38.5 Å². The molecule has 0 amide bonds. The zero-order valence-electron chi connectivity index (χ0n) is 9.77. The molecule has 86 valence electrons. The first-order chi connectivity index (χ1) is 7.16. The van der Waals surface area contributed by atoms with Crippen LogP contribution in [0.1, 0.15) is 38.5 Å². The van der Waals surface area contributed by atoms with Crippen molar-refractivity contribution in [1.29, 1.82) is 0 Å². The Balaban J connectivity index is 2.07. The smallest absolute Gasteiger partial charge is 0.311 e. The number of carbonyl (C=O) groups excluding carboxylic acids is 1. The molecule has 0 radical (unpaired) electrons. The summed E-state index contributed by atoms with van der Waals surface area (Å²) in [5, 5.41) is 3.29. The van der Waals surface area contributed by atoms with Crippen LogP contribution < -0.4 is 5.32 Å². The predicted molar refractivity (Wildman–Crippen MR) is 58.5 cm³/mol. The van der Waals surface area contributed by atoms with Crippen LogP contribution in [0.5, 0.6) is 0 Å². The van der Waals surface area contributed by atoms with E-state index in [4.69, 9.17) is 4.74 Å². The first-order valence-corrected chi connectivity index (χ1v) is 5.89. The number of hydrogen-bond acceptors (Lipinski definition) is 3. The molecule has 2 bridgehead atoms. The van der Waals surface area contributed by atoms with Crippen molar-refractivity contribution in [2.24, 2.45) is 10.8 Å². The van der Waals surface area contributed by atoms with E-state index in [0.29, 0.717) is 5.41 Å². The summed E-state index contributed by atoms with van der Waals surface area (Å²) in [5.41, 5.74) is 0.356. The minimum atomic E-state index is -0.121. The molecule has 0 aromatic carbocycles. The summed E-state index contributed by atoms with van der Waals surface area (Å²) in [4.78, 5) is 11.8. The van der Waals surface area contributed by atoms with Crippen LogP contribution in [0, 0.1) is 10.8 Å². The minimum Gasteiger partial charge on any atom is -0.469 e. The highest BCUT2D eigenvalue weighted by Gasteiger charge is 2.52. The van der Waals surface area contributed by atoms with Crippen molar-refractivity contribution >= 4 is 5.97 Å². The third-order valence-electron chi connectivity index (χ3n) is 4.57. The number of hydrogen-bond donors (Lipinski definition) is 1. The summed E-state index contributed by atoms with van der Waals surface area (Å²) >= 11 is 0. The van der Waals surface area contributed by atoms with E-state index < -0.39 is 0 Å². The van der Waals surface area contributed by atoms with Gasteiger partial charge in [0.15, 0.2) is 0 Å². The second-order valence-electron chi connectivity index (χ2n) is 5.30. The van der Waals surface area contributed by atoms with Gasteiger partial charge in [0.05, 0.1) is 12.5 Å². The van der Waals surface area contributed by atoms with Gasteiger partial charge in [-0.25, -0.2) is 0 Å². The highest BCUT2D eigenvalue weighted by Crippen LogP contribution is 2.56. The number of fused-ring (bicyclic) bond motifs is 3. The van der Waals surface area contributed by atoms with Crippen LogP contribution in [0.25, 0.3) is 0 Å². The fraction of sp³-hybridized carbons (Fsp3) is 0.917. The molecule has 3 heteroatoms. The van der Waals surface area contributed by atoms with Gasteiger partial charge in [0.1, 0.15) is 0 Å². The number of methoxy groups -OCH3 is 1.